The summed E-state index contributed by atoms with van der Waals surface area (Å²) in [5, 5.41) is 14.8. The average molecular weight is 401 g/mol. The number of carbonyl (C=O) groups excluding carboxylic acids is 1. The van der Waals surface area contributed by atoms with Gasteiger partial charge < -0.3 is 9.15 Å². The summed E-state index contributed by atoms with van der Waals surface area (Å²) in [5.41, 5.74) is 2.97. The van der Waals surface area contributed by atoms with Gasteiger partial charge in [-0.25, -0.2) is 10.4 Å². The van der Waals surface area contributed by atoms with E-state index in [-0.39, 0.29) is 16.4 Å². The molecule has 3 aromatic rings. The van der Waals surface area contributed by atoms with Gasteiger partial charge in [-0.1, -0.05) is 11.6 Å². The number of hydrazone groups is 1. The second-order valence-electron chi connectivity index (χ2n) is 5.38. The maximum atomic E-state index is 12.0. The van der Waals surface area contributed by atoms with Gasteiger partial charge >= 0.3 is 0 Å². The third kappa shape index (κ3) is 4.15. The highest BCUT2D eigenvalue weighted by Gasteiger charge is 2.15. The fourth-order valence-electron chi connectivity index (χ4n) is 2.33. The number of rotatable bonds is 6. The number of amides is 1. The average Bonchev–Trinajstić information content (AvgIpc) is 3.16. The van der Waals surface area contributed by atoms with Gasteiger partial charge in [0.2, 0.25) is 0 Å². The number of furan rings is 1. The van der Waals surface area contributed by atoms with E-state index in [2.05, 4.69) is 15.5 Å². The van der Waals surface area contributed by atoms with Crippen molar-refractivity contribution in [2.24, 2.45) is 5.10 Å². The fraction of sp³-hybridized carbons (Fsp3) is 0.0556. The summed E-state index contributed by atoms with van der Waals surface area (Å²) < 4.78 is 10.8. The van der Waals surface area contributed by atoms with Crippen LogP contribution in [0.4, 0.5) is 5.69 Å². The van der Waals surface area contributed by atoms with Crippen LogP contribution >= 0.6 is 11.6 Å². The number of halogens is 1. The van der Waals surface area contributed by atoms with Crippen LogP contribution in [0.25, 0.3) is 11.3 Å². The van der Waals surface area contributed by atoms with Crippen molar-refractivity contribution >= 4 is 29.4 Å². The van der Waals surface area contributed by atoms with Gasteiger partial charge in [-0.15, -0.1) is 0 Å². The lowest BCUT2D eigenvalue weighted by molar-refractivity contribution is -0.384. The molecular formula is C18H13ClN4O5. The molecule has 1 aromatic carbocycles. The van der Waals surface area contributed by atoms with E-state index < -0.39 is 10.8 Å². The quantitative estimate of drug-likeness (QED) is 0.291. The molecule has 0 aliphatic carbocycles. The van der Waals surface area contributed by atoms with E-state index in [9.17, 15) is 14.9 Å². The minimum atomic E-state index is -0.516. The zero-order valence-electron chi connectivity index (χ0n) is 14.5. The number of pyridine rings is 1. The van der Waals surface area contributed by atoms with Gasteiger partial charge in [0, 0.05) is 12.3 Å². The summed E-state index contributed by atoms with van der Waals surface area (Å²) in [7, 11) is 1.41. The predicted molar refractivity (Wildman–Crippen MR) is 102 cm³/mol. The topological polar surface area (TPSA) is 120 Å². The molecule has 28 heavy (non-hydrogen) atoms. The third-order valence-corrected chi connectivity index (χ3v) is 3.95. The summed E-state index contributed by atoms with van der Waals surface area (Å²) in [6.45, 7) is 0. The van der Waals surface area contributed by atoms with Crippen molar-refractivity contribution in [3.8, 4) is 17.1 Å². The highest BCUT2D eigenvalue weighted by atomic mass is 35.5. The van der Waals surface area contributed by atoms with Gasteiger partial charge in [-0.05, 0) is 30.3 Å². The number of non-ortho nitro benzene ring substituents is 1. The third-order valence-electron chi connectivity index (χ3n) is 3.65. The minimum absolute atomic E-state index is 0.0701. The van der Waals surface area contributed by atoms with Crippen molar-refractivity contribution in [3.05, 3.63) is 75.3 Å². The van der Waals surface area contributed by atoms with Gasteiger partial charge in [0.25, 0.3) is 11.6 Å². The van der Waals surface area contributed by atoms with Crippen LogP contribution in [0, 0.1) is 10.1 Å². The van der Waals surface area contributed by atoms with Crippen molar-refractivity contribution in [1.29, 1.82) is 0 Å². The van der Waals surface area contributed by atoms with E-state index >= 15 is 0 Å². The Balaban J connectivity index is 1.74. The van der Waals surface area contributed by atoms with Crippen LogP contribution in [0.1, 0.15) is 16.1 Å². The monoisotopic (exact) mass is 400 g/mol. The number of hydrogen-bond donors (Lipinski definition) is 1. The molecule has 0 radical (unpaired) electrons. The number of ether oxygens (including phenoxy) is 1. The molecule has 10 heteroatoms. The number of nitrogens with zero attached hydrogens (tertiary/aromatic N) is 3. The first kappa shape index (κ1) is 19.1. The highest BCUT2D eigenvalue weighted by molar-refractivity contribution is 6.32. The molecule has 0 atom stereocenters. The maximum absolute atomic E-state index is 12.0. The van der Waals surface area contributed by atoms with Crippen LogP contribution in [0.2, 0.25) is 5.15 Å². The summed E-state index contributed by atoms with van der Waals surface area (Å²) in [5.74, 6) is 0.563. The van der Waals surface area contributed by atoms with E-state index in [1.165, 1.54) is 43.8 Å². The smallest absolute Gasteiger partial charge is 0.274 e. The van der Waals surface area contributed by atoms with Crippen molar-refractivity contribution in [1.82, 2.24) is 10.4 Å². The fourth-order valence-corrected chi connectivity index (χ4v) is 2.54. The Kier molecular flexibility index (Phi) is 5.66. The SMILES string of the molecule is COc1cc([N+](=O)[O-])ccc1-c1ccc(C=NNC(=O)c2cccnc2Cl)o1. The van der Waals surface area contributed by atoms with E-state index in [4.69, 9.17) is 20.8 Å². The number of carbonyl (C=O) groups is 1. The van der Waals surface area contributed by atoms with Gasteiger partial charge in [0.15, 0.2) is 0 Å². The van der Waals surface area contributed by atoms with Crippen LogP contribution in [-0.4, -0.2) is 29.1 Å². The number of nitro groups is 1. The second kappa shape index (κ2) is 8.31. The predicted octanol–water partition coefficient (Wildman–Crippen LogP) is 3.68. The van der Waals surface area contributed by atoms with Crippen LogP contribution in [0.3, 0.4) is 0 Å². The number of aromatic nitrogens is 1. The lowest BCUT2D eigenvalue weighted by Gasteiger charge is -2.05. The molecule has 2 heterocycles. The molecule has 0 saturated heterocycles. The van der Waals surface area contributed by atoms with Crippen molar-refractivity contribution < 1.29 is 18.9 Å². The Morgan fingerprint density at radius 1 is 1.36 bits per heavy atom. The van der Waals surface area contributed by atoms with E-state index in [0.29, 0.717) is 22.8 Å². The zero-order chi connectivity index (χ0) is 20.1. The van der Waals surface area contributed by atoms with Crippen LogP contribution in [0.5, 0.6) is 5.75 Å². The lowest BCUT2D eigenvalue weighted by Crippen LogP contribution is -2.18. The van der Waals surface area contributed by atoms with Gasteiger partial charge in [-0.3, -0.25) is 14.9 Å². The Labute approximate surface area is 163 Å². The number of methoxy groups -OCH3 is 1. The Bertz CT molecular complexity index is 1060. The second-order valence-corrected chi connectivity index (χ2v) is 5.74. The number of hydrogen-bond acceptors (Lipinski definition) is 7. The summed E-state index contributed by atoms with van der Waals surface area (Å²) in [4.78, 5) is 26.2. The lowest BCUT2D eigenvalue weighted by atomic mass is 10.1. The summed E-state index contributed by atoms with van der Waals surface area (Å²) >= 11 is 5.85. The Morgan fingerprint density at radius 3 is 2.89 bits per heavy atom. The normalized spacial score (nSPS) is 10.8. The number of benzene rings is 1. The van der Waals surface area contributed by atoms with Crippen molar-refractivity contribution in [2.45, 2.75) is 0 Å². The standard InChI is InChI=1S/C18H13ClN4O5/c1-27-16-9-11(23(25)26)4-6-13(16)15-7-5-12(28-15)10-21-22-18(24)14-3-2-8-20-17(14)19/h2-10H,1H3,(H,22,24). The molecule has 0 unspecified atom stereocenters. The highest BCUT2D eigenvalue weighted by Crippen LogP contribution is 2.34. The number of nitrogens with one attached hydrogen (secondary N) is 1. The van der Waals surface area contributed by atoms with Crippen molar-refractivity contribution in [2.75, 3.05) is 7.11 Å². The van der Waals surface area contributed by atoms with Gasteiger partial charge in [0.05, 0.1) is 35.4 Å². The molecular weight excluding hydrogens is 388 g/mol. The molecule has 0 saturated carbocycles. The summed E-state index contributed by atoms with van der Waals surface area (Å²) in [6.07, 6.45) is 2.78. The first-order valence-electron chi connectivity index (χ1n) is 7.86. The molecule has 0 aliphatic heterocycles. The largest absolute Gasteiger partial charge is 0.496 e. The Morgan fingerprint density at radius 2 is 2.18 bits per heavy atom. The van der Waals surface area contributed by atoms with Crippen LogP contribution < -0.4 is 10.2 Å². The molecule has 142 valence electrons. The van der Waals surface area contributed by atoms with E-state index in [1.807, 2.05) is 0 Å². The molecule has 0 spiro atoms. The van der Waals surface area contributed by atoms with Crippen LogP contribution in [-0.2, 0) is 0 Å². The molecule has 0 fully saturated rings. The van der Waals surface area contributed by atoms with E-state index in [1.54, 1.807) is 18.2 Å². The Hall–Kier alpha value is -3.72. The number of nitro benzene ring substituents is 1. The molecule has 1 amide bonds. The first-order chi connectivity index (χ1) is 13.5. The molecule has 0 bridgehead atoms. The maximum Gasteiger partial charge on any atom is 0.274 e. The van der Waals surface area contributed by atoms with Crippen LogP contribution in [0.15, 0.2) is 58.2 Å². The molecule has 1 N–H and O–H groups in total. The molecule has 3 rings (SSSR count). The summed E-state index contributed by atoms with van der Waals surface area (Å²) in [6, 6.07) is 10.6. The van der Waals surface area contributed by atoms with Crippen molar-refractivity contribution in [3.63, 3.8) is 0 Å². The molecule has 0 aliphatic rings. The molecule has 2 aromatic heterocycles. The minimum Gasteiger partial charge on any atom is -0.496 e. The van der Waals surface area contributed by atoms with Gasteiger partial charge in [0.1, 0.15) is 22.4 Å². The zero-order valence-corrected chi connectivity index (χ0v) is 15.2. The van der Waals surface area contributed by atoms with Gasteiger partial charge in [-0.2, -0.15) is 5.10 Å². The molecule has 9 nitrogen and oxygen atoms in total. The first-order valence-corrected chi connectivity index (χ1v) is 8.24. The van der Waals surface area contributed by atoms with E-state index in [0.717, 1.165) is 0 Å².